The molecule has 0 rings (SSSR count). The summed E-state index contributed by atoms with van der Waals surface area (Å²) in [6, 6.07) is 0. The Morgan fingerprint density at radius 1 is 1.21 bits per heavy atom. The largest absolute Gasteiger partial charge is 0.352 e. The molecule has 0 heterocycles. The molecule has 0 aromatic carbocycles. The van der Waals surface area contributed by atoms with Gasteiger partial charge in [-0.15, -0.1) is 0 Å². The zero-order chi connectivity index (χ0) is 14.5. The van der Waals surface area contributed by atoms with Crippen LogP contribution in [0.25, 0.3) is 0 Å². The molecule has 0 aromatic rings. The molecule has 0 aromatic heterocycles. The van der Waals surface area contributed by atoms with Crippen LogP contribution in [-0.4, -0.2) is 18.2 Å². The van der Waals surface area contributed by atoms with E-state index < -0.39 is 0 Å². The van der Waals surface area contributed by atoms with Crippen molar-refractivity contribution in [2.75, 3.05) is 6.54 Å². The van der Waals surface area contributed by atoms with Gasteiger partial charge in [0.25, 0.3) is 0 Å². The standard InChI is InChI=1S/C16H21NO2/c1-4-5-6-7-8-9-10-15(18)11-12-16(19)17-13-14(2)3/h11-12,14H,8-10,13H2,1-3H3,(H,17,19)/b12-11+. The maximum absolute atomic E-state index is 11.4. The number of carbonyl (C=O) groups is 2. The Morgan fingerprint density at radius 3 is 2.58 bits per heavy atom. The van der Waals surface area contributed by atoms with Crippen molar-refractivity contribution < 1.29 is 9.59 Å². The maximum atomic E-state index is 11.4. The third-order valence-electron chi connectivity index (χ3n) is 2.11. The lowest BCUT2D eigenvalue weighted by Crippen LogP contribution is -2.25. The first-order valence-electron chi connectivity index (χ1n) is 6.44. The SMILES string of the molecule is CC#CC#CCCCC(=O)/C=C/C(=O)NCC(C)C. The lowest BCUT2D eigenvalue weighted by atomic mass is 10.1. The van der Waals surface area contributed by atoms with Gasteiger partial charge in [0.1, 0.15) is 0 Å². The van der Waals surface area contributed by atoms with Crippen molar-refractivity contribution in [3.05, 3.63) is 12.2 Å². The van der Waals surface area contributed by atoms with E-state index in [1.807, 2.05) is 13.8 Å². The normalized spacial score (nSPS) is 9.47. The van der Waals surface area contributed by atoms with E-state index in [1.54, 1.807) is 6.92 Å². The highest BCUT2D eigenvalue weighted by Crippen LogP contribution is 1.96. The predicted molar refractivity (Wildman–Crippen MR) is 77.1 cm³/mol. The molecular formula is C16H21NO2. The molecule has 0 fully saturated rings. The lowest BCUT2D eigenvalue weighted by Gasteiger charge is -2.03. The van der Waals surface area contributed by atoms with Crippen molar-refractivity contribution in [3.63, 3.8) is 0 Å². The van der Waals surface area contributed by atoms with Crippen LogP contribution in [0.2, 0.25) is 0 Å². The van der Waals surface area contributed by atoms with Crippen molar-refractivity contribution in [2.24, 2.45) is 5.92 Å². The van der Waals surface area contributed by atoms with Gasteiger partial charge in [-0.3, -0.25) is 9.59 Å². The summed E-state index contributed by atoms with van der Waals surface area (Å²) in [5.74, 6) is 11.0. The molecular weight excluding hydrogens is 238 g/mol. The summed E-state index contributed by atoms with van der Waals surface area (Å²) in [4.78, 5) is 22.7. The Balaban J connectivity index is 3.82. The highest BCUT2D eigenvalue weighted by atomic mass is 16.1. The second-order valence-electron chi connectivity index (χ2n) is 4.47. The number of carbonyl (C=O) groups excluding carboxylic acids is 2. The van der Waals surface area contributed by atoms with Crippen molar-refractivity contribution in [1.82, 2.24) is 5.32 Å². The Labute approximate surface area is 115 Å². The number of ketones is 1. The molecule has 0 radical (unpaired) electrons. The van der Waals surface area contributed by atoms with Crippen molar-refractivity contribution >= 4 is 11.7 Å². The van der Waals surface area contributed by atoms with E-state index in [2.05, 4.69) is 29.0 Å². The Bertz CT molecular complexity index is 439. The van der Waals surface area contributed by atoms with Gasteiger partial charge in [-0.25, -0.2) is 0 Å². The van der Waals surface area contributed by atoms with Gasteiger partial charge >= 0.3 is 0 Å². The molecule has 3 nitrogen and oxygen atoms in total. The molecule has 0 aliphatic carbocycles. The number of hydrogen-bond acceptors (Lipinski definition) is 2. The summed E-state index contributed by atoms with van der Waals surface area (Å²) in [6.07, 6.45) is 4.36. The number of rotatable bonds is 7. The van der Waals surface area contributed by atoms with E-state index in [0.29, 0.717) is 31.7 Å². The molecule has 0 spiro atoms. The van der Waals surface area contributed by atoms with Gasteiger partial charge in [0, 0.05) is 25.5 Å². The molecule has 0 atom stereocenters. The highest BCUT2D eigenvalue weighted by molar-refractivity contribution is 5.97. The van der Waals surface area contributed by atoms with E-state index in [-0.39, 0.29) is 11.7 Å². The van der Waals surface area contributed by atoms with E-state index in [0.717, 1.165) is 0 Å². The molecule has 0 unspecified atom stereocenters. The summed E-state index contributed by atoms with van der Waals surface area (Å²) in [5.41, 5.74) is 0. The smallest absolute Gasteiger partial charge is 0.244 e. The second-order valence-corrected chi connectivity index (χ2v) is 4.47. The zero-order valence-corrected chi connectivity index (χ0v) is 11.9. The lowest BCUT2D eigenvalue weighted by molar-refractivity contribution is -0.118. The van der Waals surface area contributed by atoms with Crippen LogP contribution in [-0.2, 0) is 9.59 Å². The predicted octanol–water partition coefficient (Wildman–Crippen LogP) is 2.08. The molecule has 0 aliphatic rings. The average molecular weight is 259 g/mol. The van der Waals surface area contributed by atoms with Gasteiger partial charge in [0.15, 0.2) is 5.78 Å². The van der Waals surface area contributed by atoms with Crippen LogP contribution >= 0.6 is 0 Å². The van der Waals surface area contributed by atoms with Crippen LogP contribution in [0, 0.1) is 29.6 Å². The molecule has 0 saturated carbocycles. The quantitative estimate of drug-likeness (QED) is 0.432. The number of nitrogens with one attached hydrogen (secondary N) is 1. The van der Waals surface area contributed by atoms with Crippen LogP contribution in [0.5, 0.6) is 0 Å². The summed E-state index contributed by atoms with van der Waals surface area (Å²) in [6.45, 7) is 6.37. The highest BCUT2D eigenvalue weighted by Gasteiger charge is 2.00. The van der Waals surface area contributed by atoms with Gasteiger partial charge in [-0.05, 0) is 37.2 Å². The third-order valence-corrected chi connectivity index (χ3v) is 2.11. The zero-order valence-electron chi connectivity index (χ0n) is 11.9. The van der Waals surface area contributed by atoms with Gasteiger partial charge in [0.05, 0.1) is 0 Å². The second kappa shape index (κ2) is 11.1. The number of allylic oxidation sites excluding steroid dienone is 1. The van der Waals surface area contributed by atoms with E-state index >= 15 is 0 Å². The summed E-state index contributed by atoms with van der Waals surface area (Å²) >= 11 is 0. The monoisotopic (exact) mass is 259 g/mol. The molecule has 0 bridgehead atoms. The van der Waals surface area contributed by atoms with Crippen LogP contribution in [0.1, 0.15) is 40.0 Å². The Morgan fingerprint density at radius 2 is 1.95 bits per heavy atom. The number of hydrogen-bond donors (Lipinski definition) is 1. The van der Waals surface area contributed by atoms with Gasteiger partial charge < -0.3 is 5.32 Å². The van der Waals surface area contributed by atoms with E-state index in [9.17, 15) is 9.59 Å². The van der Waals surface area contributed by atoms with Crippen molar-refractivity contribution in [2.45, 2.75) is 40.0 Å². The van der Waals surface area contributed by atoms with E-state index in [4.69, 9.17) is 0 Å². The summed E-state index contributed by atoms with van der Waals surface area (Å²) in [5, 5.41) is 2.71. The topological polar surface area (TPSA) is 46.2 Å². The fourth-order valence-corrected chi connectivity index (χ4v) is 1.14. The van der Waals surface area contributed by atoms with Gasteiger partial charge in [-0.1, -0.05) is 25.7 Å². The minimum atomic E-state index is -0.222. The number of amides is 1. The minimum Gasteiger partial charge on any atom is -0.352 e. The first-order chi connectivity index (χ1) is 9.06. The van der Waals surface area contributed by atoms with E-state index in [1.165, 1.54) is 12.2 Å². The fourth-order valence-electron chi connectivity index (χ4n) is 1.14. The fraction of sp³-hybridized carbons (Fsp3) is 0.500. The molecule has 0 saturated heterocycles. The average Bonchev–Trinajstić information content (AvgIpc) is 2.38. The van der Waals surface area contributed by atoms with Crippen molar-refractivity contribution in [3.8, 4) is 23.7 Å². The van der Waals surface area contributed by atoms with Crippen LogP contribution in [0.4, 0.5) is 0 Å². The molecule has 0 aliphatic heterocycles. The first kappa shape index (κ1) is 17.0. The molecule has 3 heteroatoms. The summed E-state index contributed by atoms with van der Waals surface area (Å²) in [7, 11) is 0. The molecule has 102 valence electrons. The summed E-state index contributed by atoms with van der Waals surface area (Å²) < 4.78 is 0. The van der Waals surface area contributed by atoms with Crippen LogP contribution in [0.15, 0.2) is 12.2 Å². The maximum Gasteiger partial charge on any atom is 0.244 e. The number of unbranched alkanes of at least 4 members (excludes halogenated alkanes) is 1. The minimum absolute atomic E-state index is 0.0527. The Hall–Kier alpha value is -2.00. The van der Waals surface area contributed by atoms with Crippen LogP contribution in [0.3, 0.4) is 0 Å². The third kappa shape index (κ3) is 12.2. The molecule has 1 amide bonds. The molecule has 1 N–H and O–H groups in total. The van der Waals surface area contributed by atoms with Gasteiger partial charge in [0.2, 0.25) is 5.91 Å². The van der Waals surface area contributed by atoms with Crippen molar-refractivity contribution in [1.29, 1.82) is 0 Å². The molecule has 19 heavy (non-hydrogen) atoms. The Kier molecular flexibility index (Phi) is 9.94. The first-order valence-corrected chi connectivity index (χ1v) is 6.44. The van der Waals surface area contributed by atoms with Crippen LogP contribution < -0.4 is 5.32 Å². The van der Waals surface area contributed by atoms with Gasteiger partial charge in [-0.2, -0.15) is 0 Å².